The van der Waals surface area contributed by atoms with Crippen molar-refractivity contribution in [2.45, 2.75) is 51.5 Å². The van der Waals surface area contributed by atoms with E-state index in [2.05, 4.69) is 13.8 Å². The van der Waals surface area contributed by atoms with E-state index in [1.54, 1.807) is 0 Å². The fraction of sp³-hybridized carbons (Fsp3) is 0.625. The van der Waals surface area contributed by atoms with Gasteiger partial charge in [-0.1, -0.05) is 26.0 Å². The number of rotatable bonds is 3. The number of halogens is 3. The highest BCUT2D eigenvalue weighted by molar-refractivity contribution is 5.35. The Hall–Kier alpha value is -1.23. The van der Waals surface area contributed by atoms with Gasteiger partial charge in [-0.2, -0.15) is 13.2 Å². The van der Waals surface area contributed by atoms with E-state index < -0.39 is 23.9 Å². The minimum absolute atomic E-state index is 0.196. The molecule has 2 rings (SSSR count). The Balaban J connectivity index is 2.17. The minimum Gasteiger partial charge on any atom is -0.487 e. The van der Waals surface area contributed by atoms with Crippen LogP contribution in [0.3, 0.4) is 0 Å². The molecule has 0 radical (unpaired) electrons. The van der Waals surface area contributed by atoms with Crippen molar-refractivity contribution in [3.05, 3.63) is 29.8 Å². The van der Waals surface area contributed by atoms with Crippen LogP contribution >= 0.6 is 0 Å². The van der Waals surface area contributed by atoms with Crippen molar-refractivity contribution in [1.82, 2.24) is 0 Å². The van der Waals surface area contributed by atoms with Gasteiger partial charge in [0.05, 0.1) is 11.7 Å². The van der Waals surface area contributed by atoms with Crippen LogP contribution in [-0.4, -0.2) is 17.3 Å². The maximum atomic E-state index is 13.0. The van der Waals surface area contributed by atoms with Crippen LogP contribution in [-0.2, 0) is 6.18 Å². The Morgan fingerprint density at radius 3 is 2.48 bits per heavy atom. The monoisotopic (exact) mass is 302 g/mol. The summed E-state index contributed by atoms with van der Waals surface area (Å²) in [4.78, 5) is 0. The zero-order chi connectivity index (χ0) is 15.6. The summed E-state index contributed by atoms with van der Waals surface area (Å²) in [5, 5.41) is 10.0. The van der Waals surface area contributed by atoms with Gasteiger partial charge in [-0.15, -0.1) is 0 Å². The number of hydrogen-bond acceptors (Lipinski definition) is 2. The van der Waals surface area contributed by atoms with Crippen molar-refractivity contribution in [2.75, 3.05) is 0 Å². The van der Waals surface area contributed by atoms with Gasteiger partial charge >= 0.3 is 6.18 Å². The molecule has 2 nitrogen and oxygen atoms in total. The molecule has 0 heterocycles. The minimum atomic E-state index is -4.45. The molecule has 118 valence electrons. The number of para-hydroxylation sites is 1. The number of benzene rings is 1. The molecule has 21 heavy (non-hydrogen) atoms. The molecule has 1 fully saturated rings. The van der Waals surface area contributed by atoms with Crippen LogP contribution in [0.4, 0.5) is 13.2 Å². The van der Waals surface area contributed by atoms with Crippen molar-refractivity contribution >= 4 is 0 Å². The largest absolute Gasteiger partial charge is 0.487 e. The first-order valence-electron chi connectivity index (χ1n) is 7.30. The van der Waals surface area contributed by atoms with Gasteiger partial charge in [-0.25, -0.2) is 0 Å². The highest BCUT2D eigenvalue weighted by atomic mass is 19.4. The SMILES string of the molecule is CC(C)C1CCC(O)C(Oc2ccccc2C(F)(F)F)C1. The zero-order valence-electron chi connectivity index (χ0n) is 12.2. The molecule has 3 unspecified atom stereocenters. The number of alkyl halides is 3. The molecular formula is C16H21F3O2. The second-order valence-electron chi connectivity index (χ2n) is 6.03. The molecule has 0 aliphatic heterocycles. The smallest absolute Gasteiger partial charge is 0.419 e. The average Bonchev–Trinajstić information content (AvgIpc) is 2.40. The van der Waals surface area contributed by atoms with E-state index >= 15 is 0 Å². The number of hydrogen-bond donors (Lipinski definition) is 1. The lowest BCUT2D eigenvalue weighted by Gasteiger charge is -2.35. The molecule has 0 bridgehead atoms. The Bertz CT molecular complexity index is 471. The van der Waals surface area contributed by atoms with Gasteiger partial charge in [0.2, 0.25) is 0 Å². The van der Waals surface area contributed by atoms with Crippen LogP contribution < -0.4 is 4.74 Å². The van der Waals surface area contributed by atoms with E-state index in [-0.39, 0.29) is 5.75 Å². The molecule has 1 aromatic carbocycles. The summed E-state index contributed by atoms with van der Waals surface area (Å²) in [6.45, 7) is 4.17. The zero-order valence-corrected chi connectivity index (χ0v) is 12.2. The van der Waals surface area contributed by atoms with Crippen LogP contribution in [0.5, 0.6) is 5.75 Å². The third-order valence-electron chi connectivity index (χ3n) is 4.21. The lowest BCUT2D eigenvalue weighted by Crippen LogP contribution is -2.39. The van der Waals surface area contributed by atoms with E-state index in [1.165, 1.54) is 18.2 Å². The van der Waals surface area contributed by atoms with Gasteiger partial charge in [0, 0.05) is 0 Å². The molecule has 1 aliphatic carbocycles. The topological polar surface area (TPSA) is 29.5 Å². The molecule has 0 spiro atoms. The van der Waals surface area contributed by atoms with Crippen molar-refractivity contribution < 1.29 is 23.0 Å². The molecule has 3 atom stereocenters. The van der Waals surface area contributed by atoms with Crippen LogP contribution in [0.25, 0.3) is 0 Å². The van der Waals surface area contributed by atoms with Crippen LogP contribution in [0.1, 0.15) is 38.7 Å². The summed E-state index contributed by atoms with van der Waals surface area (Å²) in [7, 11) is 0. The second kappa shape index (κ2) is 6.26. The molecule has 1 saturated carbocycles. The normalized spacial score (nSPS) is 26.9. The van der Waals surface area contributed by atoms with Gasteiger partial charge in [0.25, 0.3) is 0 Å². The quantitative estimate of drug-likeness (QED) is 0.903. The first-order chi connectivity index (χ1) is 9.79. The summed E-state index contributed by atoms with van der Waals surface area (Å²) >= 11 is 0. The van der Waals surface area contributed by atoms with Gasteiger partial charge in [0.1, 0.15) is 11.9 Å². The van der Waals surface area contributed by atoms with E-state index in [0.29, 0.717) is 24.7 Å². The Kier molecular flexibility index (Phi) is 4.81. The highest BCUT2D eigenvalue weighted by Crippen LogP contribution is 2.38. The molecule has 1 aliphatic rings. The predicted octanol–water partition coefficient (Wildman–Crippen LogP) is 4.27. The summed E-state index contributed by atoms with van der Waals surface area (Å²) in [6.07, 6.45) is -3.68. The van der Waals surface area contributed by atoms with Crippen molar-refractivity contribution in [3.63, 3.8) is 0 Å². The first-order valence-corrected chi connectivity index (χ1v) is 7.30. The lowest BCUT2D eigenvalue weighted by atomic mass is 9.79. The fourth-order valence-corrected chi connectivity index (χ4v) is 2.84. The summed E-state index contributed by atoms with van der Waals surface area (Å²) < 4.78 is 44.4. The van der Waals surface area contributed by atoms with Crippen molar-refractivity contribution in [3.8, 4) is 5.75 Å². The lowest BCUT2D eigenvalue weighted by molar-refractivity contribution is -0.140. The highest BCUT2D eigenvalue weighted by Gasteiger charge is 2.37. The molecule has 1 aromatic rings. The Labute approximate surface area is 122 Å². The average molecular weight is 302 g/mol. The van der Waals surface area contributed by atoms with Crippen LogP contribution in [0.15, 0.2) is 24.3 Å². The van der Waals surface area contributed by atoms with Crippen molar-refractivity contribution in [2.24, 2.45) is 11.8 Å². The molecule has 0 amide bonds. The molecule has 0 aromatic heterocycles. The van der Waals surface area contributed by atoms with Crippen molar-refractivity contribution in [1.29, 1.82) is 0 Å². The fourth-order valence-electron chi connectivity index (χ4n) is 2.84. The summed E-state index contributed by atoms with van der Waals surface area (Å²) in [6, 6.07) is 5.17. The first kappa shape index (κ1) is 16.1. The van der Waals surface area contributed by atoms with Gasteiger partial charge in [-0.05, 0) is 43.2 Å². The van der Waals surface area contributed by atoms with Crippen LogP contribution in [0, 0.1) is 11.8 Å². The van der Waals surface area contributed by atoms with E-state index in [1.807, 2.05) is 0 Å². The number of aliphatic hydroxyl groups excluding tert-OH is 1. The maximum Gasteiger partial charge on any atom is 0.419 e. The number of ether oxygens (including phenoxy) is 1. The molecule has 5 heteroatoms. The third-order valence-corrected chi connectivity index (χ3v) is 4.21. The number of aliphatic hydroxyl groups is 1. The Morgan fingerprint density at radius 2 is 1.86 bits per heavy atom. The van der Waals surface area contributed by atoms with Gasteiger partial charge in [-0.3, -0.25) is 0 Å². The standard InChI is InChI=1S/C16H21F3O2/c1-10(2)11-7-8-13(20)15(9-11)21-14-6-4-3-5-12(14)16(17,18)19/h3-6,10-11,13,15,20H,7-9H2,1-2H3. The predicted molar refractivity (Wildman–Crippen MR) is 74.0 cm³/mol. The molecule has 0 saturated heterocycles. The maximum absolute atomic E-state index is 13.0. The van der Waals surface area contributed by atoms with E-state index in [4.69, 9.17) is 4.74 Å². The van der Waals surface area contributed by atoms with Gasteiger partial charge in [0.15, 0.2) is 0 Å². The molecular weight excluding hydrogens is 281 g/mol. The Morgan fingerprint density at radius 1 is 1.19 bits per heavy atom. The third kappa shape index (κ3) is 3.90. The summed E-state index contributed by atoms with van der Waals surface area (Å²) in [5.41, 5.74) is -0.788. The van der Waals surface area contributed by atoms with E-state index in [9.17, 15) is 18.3 Å². The molecule has 1 N–H and O–H groups in total. The van der Waals surface area contributed by atoms with Crippen LogP contribution in [0.2, 0.25) is 0 Å². The summed E-state index contributed by atoms with van der Waals surface area (Å²) in [5.74, 6) is 0.608. The van der Waals surface area contributed by atoms with Gasteiger partial charge < -0.3 is 9.84 Å². The second-order valence-corrected chi connectivity index (χ2v) is 6.03. The van der Waals surface area contributed by atoms with E-state index in [0.717, 1.165) is 12.5 Å².